The lowest BCUT2D eigenvalue weighted by molar-refractivity contribution is -0.116. The molecule has 0 unspecified atom stereocenters. The van der Waals surface area contributed by atoms with Gasteiger partial charge in [0.05, 0.1) is 30.5 Å². The van der Waals surface area contributed by atoms with Crippen LogP contribution in [0.3, 0.4) is 0 Å². The van der Waals surface area contributed by atoms with Crippen LogP contribution in [0.1, 0.15) is 19.4 Å². The Balaban J connectivity index is 2.28. The molecule has 0 atom stereocenters. The average molecular weight is 504 g/mol. The first-order valence-electron chi connectivity index (χ1n) is 9.52. The molecule has 12 heteroatoms. The fourth-order valence-electron chi connectivity index (χ4n) is 2.79. The molecule has 0 saturated heterocycles. The summed E-state index contributed by atoms with van der Waals surface area (Å²) in [6, 6.07) is 10.4. The summed E-state index contributed by atoms with van der Waals surface area (Å²) in [7, 11) is -6.20. The Kier molecular flexibility index (Phi) is 8.66. The summed E-state index contributed by atoms with van der Waals surface area (Å²) in [6.07, 6.45) is 0.989. The van der Waals surface area contributed by atoms with E-state index in [-0.39, 0.29) is 28.9 Å². The second-order valence-corrected chi connectivity index (χ2v) is 11.4. The molecule has 2 aromatic rings. The maximum Gasteiger partial charge on any atom is 0.240 e. The van der Waals surface area contributed by atoms with Gasteiger partial charge >= 0.3 is 0 Å². The zero-order valence-corrected chi connectivity index (χ0v) is 20.5. The number of methoxy groups -OCH3 is 1. The van der Waals surface area contributed by atoms with Crippen LogP contribution in [0.15, 0.2) is 47.4 Å². The normalized spacial score (nSPS) is 12.2. The van der Waals surface area contributed by atoms with Crippen LogP contribution in [0.4, 0.5) is 5.69 Å². The Bertz CT molecular complexity index is 1180. The van der Waals surface area contributed by atoms with Crippen molar-refractivity contribution in [3.8, 4) is 5.75 Å². The summed E-state index contributed by atoms with van der Waals surface area (Å²) >= 11 is 6.12. The van der Waals surface area contributed by atoms with Gasteiger partial charge in [0.1, 0.15) is 5.75 Å². The standard InChI is InChI=1S/C20H26ClN3O6S2/c1-14(2)23-32(28,29)16-9-10-19(30-3)18(11-16)22-20(25)13-24(31(4,26)27)12-15-7-5-6-8-17(15)21/h5-11,14,23H,12-13H2,1-4H3,(H,22,25). The molecular formula is C20H26ClN3O6S2. The van der Waals surface area contributed by atoms with Crippen molar-refractivity contribution in [2.24, 2.45) is 0 Å². The van der Waals surface area contributed by atoms with Crippen molar-refractivity contribution in [3.05, 3.63) is 53.1 Å². The first kappa shape index (κ1) is 26.1. The topological polar surface area (TPSA) is 122 Å². The highest BCUT2D eigenvalue weighted by Gasteiger charge is 2.23. The number of rotatable bonds is 10. The largest absolute Gasteiger partial charge is 0.495 e. The summed E-state index contributed by atoms with van der Waals surface area (Å²) in [5.74, 6) is -0.453. The molecule has 32 heavy (non-hydrogen) atoms. The lowest BCUT2D eigenvalue weighted by Crippen LogP contribution is -2.37. The van der Waals surface area contributed by atoms with Gasteiger partial charge in [-0.2, -0.15) is 4.31 Å². The van der Waals surface area contributed by atoms with Gasteiger partial charge in [0.15, 0.2) is 0 Å². The minimum atomic E-state index is -3.81. The fraction of sp³-hybridized carbons (Fsp3) is 0.350. The van der Waals surface area contributed by atoms with Crippen molar-refractivity contribution in [2.45, 2.75) is 31.3 Å². The Morgan fingerprint density at radius 2 is 1.78 bits per heavy atom. The van der Waals surface area contributed by atoms with E-state index in [1.807, 2.05) is 0 Å². The molecule has 176 valence electrons. The zero-order chi connectivity index (χ0) is 24.1. The summed E-state index contributed by atoms with van der Waals surface area (Å²) in [6.45, 7) is 2.76. The Hall–Kier alpha value is -2.18. The zero-order valence-electron chi connectivity index (χ0n) is 18.1. The highest BCUT2D eigenvalue weighted by atomic mass is 35.5. The number of hydrogen-bond donors (Lipinski definition) is 2. The van der Waals surface area contributed by atoms with E-state index in [1.165, 1.54) is 25.3 Å². The van der Waals surface area contributed by atoms with Gasteiger partial charge in [-0.3, -0.25) is 4.79 Å². The first-order chi connectivity index (χ1) is 14.8. The van der Waals surface area contributed by atoms with Crippen molar-refractivity contribution >= 4 is 43.2 Å². The molecule has 0 radical (unpaired) electrons. The van der Waals surface area contributed by atoms with Gasteiger partial charge in [0, 0.05) is 17.6 Å². The van der Waals surface area contributed by atoms with Crippen LogP contribution in [0.2, 0.25) is 5.02 Å². The number of carbonyl (C=O) groups excluding carboxylic acids is 1. The van der Waals surface area contributed by atoms with E-state index in [2.05, 4.69) is 10.0 Å². The smallest absolute Gasteiger partial charge is 0.240 e. The van der Waals surface area contributed by atoms with E-state index in [4.69, 9.17) is 16.3 Å². The highest BCUT2D eigenvalue weighted by Crippen LogP contribution is 2.28. The van der Waals surface area contributed by atoms with Gasteiger partial charge < -0.3 is 10.1 Å². The number of halogens is 1. The molecule has 0 aromatic heterocycles. The number of nitrogens with zero attached hydrogens (tertiary/aromatic N) is 1. The van der Waals surface area contributed by atoms with E-state index < -0.39 is 32.5 Å². The minimum absolute atomic E-state index is 0.0710. The number of anilines is 1. The van der Waals surface area contributed by atoms with Gasteiger partial charge in [-0.15, -0.1) is 0 Å². The molecule has 2 rings (SSSR count). The first-order valence-corrected chi connectivity index (χ1v) is 13.2. The molecule has 1 amide bonds. The van der Waals surface area contributed by atoms with Gasteiger partial charge in [0.25, 0.3) is 0 Å². The van der Waals surface area contributed by atoms with Gasteiger partial charge in [-0.1, -0.05) is 29.8 Å². The molecular weight excluding hydrogens is 478 g/mol. The predicted octanol–water partition coefficient (Wildman–Crippen LogP) is 2.44. The second-order valence-electron chi connectivity index (χ2n) is 7.31. The molecule has 0 fully saturated rings. The monoisotopic (exact) mass is 503 g/mol. The highest BCUT2D eigenvalue weighted by molar-refractivity contribution is 7.89. The van der Waals surface area contributed by atoms with E-state index in [0.717, 1.165) is 10.6 Å². The SMILES string of the molecule is COc1ccc(S(=O)(=O)NC(C)C)cc1NC(=O)CN(Cc1ccccc1Cl)S(C)(=O)=O. The number of carbonyl (C=O) groups is 1. The van der Waals surface area contributed by atoms with Gasteiger partial charge in [-0.25, -0.2) is 21.6 Å². The second kappa shape index (κ2) is 10.6. The maximum absolute atomic E-state index is 12.7. The number of amides is 1. The number of sulfonamides is 2. The Morgan fingerprint density at radius 3 is 2.34 bits per heavy atom. The lowest BCUT2D eigenvalue weighted by Gasteiger charge is -2.21. The van der Waals surface area contributed by atoms with Crippen molar-refractivity contribution in [2.75, 3.05) is 25.2 Å². The quantitative estimate of drug-likeness (QED) is 0.513. The van der Waals surface area contributed by atoms with E-state index >= 15 is 0 Å². The third-order valence-electron chi connectivity index (χ3n) is 4.24. The molecule has 0 aliphatic heterocycles. The number of ether oxygens (including phenoxy) is 1. The van der Waals surface area contributed by atoms with Crippen molar-refractivity contribution < 1.29 is 26.4 Å². The van der Waals surface area contributed by atoms with Crippen LogP contribution in [-0.4, -0.2) is 53.0 Å². The molecule has 0 spiro atoms. The van der Waals surface area contributed by atoms with Crippen LogP contribution in [0.5, 0.6) is 5.75 Å². The molecule has 0 heterocycles. The predicted molar refractivity (Wildman–Crippen MR) is 124 cm³/mol. The number of nitrogens with one attached hydrogen (secondary N) is 2. The van der Waals surface area contributed by atoms with Crippen molar-refractivity contribution in [1.82, 2.24) is 9.03 Å². The number of hydrogen-bond acceptors (Lipinski definition) is 6. The minimum Gasteiger partial charge on any atom is -0.495 e. The van der Waals surface area contributed by atoms with E-state index in [1.54, 1.807) is 38.1 Å². The molecule has 2 aromatic carbocycles. The van der Waals surface area contributed by atoms with Crippen LogP contribution < -0.4 is 14.8 Å². The molecule has 0 saturated carbocycles. The van der Waals surface area contributed by atoms with Crippen LogP contribution in [0.25, 0.3) is 0 Å². The van der Waals surface area contributed by atoms with Crippen molar-refractivity contribution in [1.29, 1.82) is 0 Å². The van der Waals surface area contributed by atoms with Crippen LogP contribution >= 0.6 is 11.6 Å². The summed E-state index contributed by atoms with van der Waals surface area (Å²) < 4.78 is 58.0. The third kappa shape index (κ3) is 7.17. The lowest BCUT2D eigenvalue weighted by atomic mass is 10.2. The maximum atomic E-state index is 12.7. The summed E-state index contributed by atoms with van der Waals surface area (Å²) in [5, 5.41) is 2.91. The fourth-order valence-corrected chi connectivity index (χ4v) is 4.98. The Labute approximate surface area is 193 Å². The van der Waals surface area contributed by atoms with Gasteiger partial charge in [0.2, 0.25) is 26.0 Å². The molecule has 9 nitrogen and oxygen atoms in total. The van der Waals surface area contributed by atoms with Crippen molar-refractivity contribution in [3.63, 3.8) is 0 Å². The van der Waals surface area contributed by atoms with E-state index in [0.29, 0.717) is 10.6 Å². The van der Waals surface area contributed by atoms with Crippen LogP contribution in [-0.2, 0) is 31.4 Å². The molecule has 0 aliphatic rings. The molecule has 2 N–H and O–H groups in total. The van der Waals surface area contributed by atoms with E-state index in [9.17, 15) is 21.6 Å². The molecule has 0 bridgehead atoms. The summed E-state index contributed by atoms with van der Waals surface area (Å²) in [4.78, 5) is 12.6. The van der Waals surface area contributed by atoms with Crippen LogP contribution in [0, 0.1) is 0 Å². The van der Waals surface area contributed by atoms with Gasteiger partial charge in [-0.05, 0) is 43.7 Å². The molecule has 0 aliphatic carbocycles. The third-order valence-corrected chi connectivity index (χ3v) is 7.46. The summed E-state index contributed by atoms with van der Waals surface area (Å²) in [5.41, 5.74) is 0.633. The average Bonchev–Trinajstić information content (AvgIpc) is 2.67. The Morgan fingerprint density at radius 1 is 1.12 bits per heavy atom. The number of benzene rings is 2.